The second kappa shape index (κ2) is 9.29. The molecule has 31 heavy (non-hydrogen) atoms. The Balaban J connectivity index is 1.61. The third-order valence-electron chi connectivity index (χ3n) is 5.81. The van der Waals surface area contributed by atoms with Crippen molar-refractivity contribution in [3.63, 3.8) is 0 Å². The Hall–Kier alpha value is -2.56. The van der Waals surface area contributed by atoms with Crippen molar-refractivity contribution < 1.29 is 18.9 Å². The maximum atomic E-state index is 5.99. The van der Waals surface area contributed by atoms with Crippen molar-refractivity contribution in [3.8, 4) is 11.5 Å². The molecule has 2 aromatic rings. The van der Waals surface area contributed by atoms with Crippen molar-refractivity contribution in [1.29, 1.82) is 0 Å². The van der Waals surface area contributed by atoms with Crippen LogP contribution in [-0.2, 0) is 14.9 Å². The smallest absolute Gasteiger partial charge is 0.126 e. The molecular formula is C27H32O4. The number of benzene rings is 2. The Bertz CT molecular complexity index is 888. The molecule has 0 bridgehead atoms. The Morgan fingerprint density at radius 1 is 0.806 bits per heavy atom. The number of allylic oxidation sites excluding steroid dienone is 2. The molecule has 4 nitrogen and oxygen atoms in total. The van der Waals surface area contributed by atoms with Gasteiger partial charge < -0.3 is 18.9 Å². The van der Waals surface area contributed by atoms with Gasteiger partial charge in [-0.05, 0) is 49.2 Å². The molecule has 2 aromatic carbocycles. The van der Waals surface area contributed by atoms with Gasteiger partial charge in [0.05, 0.1) is 13.2 Å². The number of hydrogen-bond acceptors (Lipinski definition) is 4. The van der Waals surface area contributed by atoms with Gasteiger partial charge in [0.1, 0.15) is 36.9 Å². The van der Waals surface area contributed by atoms with Gasteiger partial charge in [0.15, 0.2) is 0 Å². The summed E-state index contributed by atoms with van der Waals surface area (Å²) in [6.07, 6.45) is 8.78. The monoisotopic (exact) mass is 420 g/mol. The average molecular weight is 421 g/mol. The average Bonchev–Trinajstić information content (AvgIpc) is 3.67. The van der Waals surface area contributed by atoms with Gasteiger partial charge in [-0.1, -0.05) is 50.3 Å². The molecule has 164 valence electrons. The number of rotatable bonds is 10. The summed E-state index contributed by atoms with van der Waals surface area (Å²) in [5.41, 5.74) is 4.48. The Morgan fingerprint density at radius 3 is 1.58 bits per heavy atom. The molecule has 0 aliphatic carbocycles. The van der Waals surface area contributed by atoms with Crippen LogP contribution in [0.5, 0.6) is 11.5 Å². The van der Waals surface area contributed by atoms with Crippen LogP contribution in [0.3, 0.4) is 0 Å². The Kier molecular flexibility index (Phi) is 6.49. The van der Waals surface area contributed by atoms with Crippen LogP contribution in [0.2, 0.25) is 0 Å². The molecule has 0 saturated carbocycles. The van der Waals surface area contributed by atoms with Gasteiger partial charge in [-0.2, -0.15) is 0 Å². The van der Waals surface area contributed by atoms with E-state index in [4.69, 9.17) is 18.9 Å². The predicted octanol–water partition coefficient (Wildman–Crippen LogP) is 5.63. The first-order chi connectivity index (χ1) is 15.0. The van der Waals surface area contributed by atoms with Gasteiger partial charge >= 0.3 is 0 Å². The number of ether oxygens (including phenoxy) is 4. The number of hydrogen-bond donors (Lipinski definition) is 0. The quantitative estimate of drug-likeness (QED) is 0.467. The van der Waals surface area contributed by atoms with Crippen LogP contribution in [-0.4, -0.2) is 38.6 Å². The molecule has 0 N–H and O–H groups in total. The van der Waals surface area contributed by atoms with Crippen LogP contribution >= 0.6 is 0 Å². The lowest BCUT2D eigenvalue weighted by atomic mass is 9.77. The van der Waals surface area contributed by atoms with E-state index in [0.29, 0.717) is 13.2 Å². The molecule has 2 fully saturated rings. The highest BCUT2D eigenvalue weighted by atomic mass is 16.6. The van der Waals surface area contributed by atoms with Crippen LogP contribution in [0.15, 0.2) is 48.6 Å². The van der Waals surface area contributed by atoms with E-state index in [-0.39, 0.29) is 17.6 Å². The highest BCUT2D eigenvalue weighted by Crippen LogP contribution is 2.37. The molecule has 2 atom stereocenters. The minimum Gasteiger partial charge on any atom is -0.490 e. The summed E-state index contributed by atoms with van der Waals surface area (Å²) in [4.78, 5) is 0. The van der Waals surface area contributed by atoms with Gasteiger partial charge in [-0.3, -0.25) is 0 Å². The summed E-state index contributed by atoms with van der Waals surface area (Å²) < 4.78 is 22.5. The maximum Gasteiger partial charge on any atom is 0.126 e. The highest BCUT2D eigenvalue weighted by Gasteiger charge is 2.27. The lowest BCUT2D eigenvalue weighted by molar-refractivity contribution is 0.262. The molecule has 0 spiro atoms. The second-order valence-electron chi connectivity index (χ2n) is 8.66. The van der Waals surface area contributed by atoms with Crippen LogP contribution in [0.4, 0.5) is 0 Å². The summed E-state index contributed by atoms with van der Waals surface area (Å²) in [5, 5.41) is 0. The van der Waals surface area contributed by atoms with Crippen LogP contribution in [0.25, 0.3) is 12.2 Å². The topological polar surface area (TPSA) is 43.5 Å². The second-order valence-corrected chi connectivity index (χ2v) is 8.66. The zero-order valence-electron chi connectivity index (χ0n) is 18.9. The van der Waals surface area contributed by atoms with E-state index >= 15 is 0 Å². The van der Waals surface area contributed by atoms with Crippen molar-refractivity contribution in [3.05, 3.63) is 70.8 Å². The van der Waals surface area contributed by atoms with Gasteiger partial charge in [0, 0.05) is 16.5 Å². The van der Waals surface area contributed by atoms with E-state index < -0.39 is 0 Å². The molecule has 2 aliphatic rings. The molecule has 4 rings (SSSR count). The fourth-order valence-corrected chi connectivity index (χ4v) is 3.62. The third kappa shape index (κ3) is 5.38. The minimum atomic E-state index is -0.178. The first-order valence-corrected chi connectivity index (χ1v) is 11.0. The highest BCUT2D eigenvalue weighted by molar-refractivity contribution is 5.62. The van der Waals surface area contributed by atoms with E-state index in [9.17, 15) is 0 Å². The molecule has 2 aliphatic heterocycles. The zero-order valence-corrected chi connectivity index (χ0v) is 18.9. The third-order valence-corrected chi connectivity index (χ3v) is 5.81. The van der Waals surface area contributed by atoms with Crippen molar-refractivity contribution >= 4 is 12.2 Å². The molecular weight excluding hydrogens is 388 g/mol. The van der Waals surface area contributed by atoms with Crippen LogP contribution in [0, 0.1) is 0 Å². The van der Waals surface area contributed by atoms with Crippen molar-refractivity contribution in [2.24, 2.45) is 0 Å². The SMILES string of the molecule is C/C=C\c1cc(C(C)(C)c2ccc(OCC3CO3)c(/C=C/C)c2)ccc1OCC1CO1. The molecule has 2 unspecified atom stereocenters. The molecule has 0 amide bonds. The standard InChI is InChI=1S/C27H32O4/c1-5-7-19-13-21(9-11-25(19)30-17-23-15-28-23)27(3,4)22-10-12-26(20(14-22)8-6-2)31-18-24-16-29-24/h5-14,23-24H,15-18H2,1-4H3/b7-5-,8-6+. The van der Waals surface area contributed by atoms with E-state index in [1.54, 1.807) is 0 Å². The van der Waals surface area contributed by atoms with Crippen molar-refractivity contribution in [2.45, 2.75) is 45.3 Å². The van der Waals surface area contributed by atoms with Crippen molar-refractivity contribution in [2.75, 3.05) is 26.4 Å². The summed E-state index contributed by atoms with van der Waals surface area (Å²) in [6, 6.07) is 12.9. The Labute approximate surface area is 185 Å². The van der Waals surface area contributed by atoms with Crippen molar-refractivity contribution in [1.82, 2.24) is 0 Å². The maximum absolute atomic E-state index is 5.99. The Morgan fingerprint density at radius 2 is 1.23 bits per heavy atom. The number of epoxide rings is 2. The van der Waals surface area contributed by atoms with Gasteiger partial charge in [-0.25, -0.2) is 0 Å². The van der Waals surface area contributed by atoms with E-state index in [2.05, 4.69) is 62.4 Å². The zero-order chi connectivity index (χ0) is 21.8. The summed E-state index contributed by atoms with van der Waals surface area (Å²) >= 11 is 0. The molecule has 2 saturated heterocycles. The lowest BCUT2D eigenvalue weighted by Crippen LogP contribution is -2.19. The van der Waals surface area contributed by atoms with Gasteiger partial charge in [-0.15, -0.1) is 0 Å². The van der Waals surface area contributed by atoms with E-state index in [0.717, 1.165) is 35.8 Å². The summed E-state index contributed by atoms with van der Waals surface area (Å²) in [7, 11) is 0. The predicted molar refractivity (Wildman–Crippen MR) is 125 cm³/mol. The largest absolute Gasteiger partial charge is 0.490 e. The first-order valence-electron chi connectivity index (χ1n) is 11.0. The lowest BCUT2D eigenvalue weighted by Gasteiger charge is -2.28. The molecule has 4 heteroatoms. The minimum absolute atomic E-state index is 0.178. The van der Waals surface area contributed by atoms with Gasteiger partial charge in [0.25, 0.3) is 0 Å². The van der Waals surface area contributed by atoms with E-state index in [1.165, 1.54) is 11.1 Å². The van der Waals surface area contributed by atoms with Crippen LogP contribution < -0.4 is 9.47 Å². The molecule has 2 heterocycles. The fourth-order valence-electron chi connectivity index (χ4n) is 3.62. The summed E-state index contributed by atoms with van der Waals surface area (Å²) in [5.74, 6) is 1.79. The summed E-state index contributed by atoms with van der Waals surface area (Å²) in [6.45, 7) is 11.4. The first kappa shape index (κ1) is 21.7. The fraction of sp³-hybridized carbons (Fsp3) is 0.407. The van der Waals surface area contributed by atoms with Gasteiger partial charge in [0.2, 0.25) is 0 Å². The normalized spacial score (nSPS) is 20.4. The van der Waals surface area contributed by atoms with E-state index in [1.807, 2.05) is 26.0 Å². The molecule has 0 aromatic heterocycles. The molecule has 0 radical (unpaired) electrons. The van der Waals surface area contributed by atoms with Crippen LogP contribution in [0.1, 0.15) is 49.9 Å².